The van der Waals surface area contributed by atoms with E-state index in [-0.39, 0.29) is 9.79 Å². The Kier molecular flexibility index (Phi) is 10.7. The monoisotopic (exact) mass is 474 g/mol. The maximum atomic E-state index is 10.5. The third-order valence-corrected chi connectivity index (χ3v) is 6.21. The van der Waals surface area contributed by atoms with E-state index in [0.717, 1.165) is 24.2 Å². The molecule has 0 radical (unpaired) electrons. The van der Waals surface area contributed by atoms with Crippen molar-refractivity contribution < 1.29 is 30.7 Å². The molecule has 0 amide bonds. The Morgan fingerprint density at radius 1 is 0.839 bits per heavy atom. The molecule has 1 aliphatic rings. The molecular weight excluding hydrogens is 444 g/mol. The van der Waals surface area contributed by atoms with Gasteiger partial charge in [0.1, 0.15) is 0 Å². The third-order valence-electron chi connectivity index (χ3n) is 4.47. The van der Waals surface area contributed by atoms with E-state index in [0.29, 0.717) is 12.1 Å². The molecule has 31 heavy (non-hydrogen) atoms. The van der Waals surface area contributed by atoms with Gasteiger partial charge in [0.2, 0.25) is 0 Å². The fraction of sp³-hybridized carbons (Fsp3) is 0.400. The fourth-order valence-electron chi connectivity index (χ4n) is 2.61. The second kappa shape index (κ2) is 12.2. The second-order valence-electron chi connectivity index (χ2n) is 6.90. The number of rotatable bonds is 4. The highest BCUT2D eigenvalue weighted by Crippen LogP contribution is 2.09. The van der Waals surface area contributed by atoms with Gasteiger partial charge in [0.15, 0.2) is 0 Å². The van der Waals surface area contributed by atoms with Gasteiger partial charge in [-0.25, -0.2) is 0 Å². The minimum Gasteiger partial charge on any atom is -0.378 e. The molecule has 1 saturated heterocycles. The largest absolute Gasteiger partial charge is 0.378 e. The molecule has 3 rings (SSSR count). The lowest BCUT2D eigenvalue weighted by Crippen LogP contribution is -2.37. The van der Waals surface area contributed by atoms with E-state index in [9.17, 15) is 16.8 Å². The van der Waals surface area contributed by atoms with Crippen LogP contribution in [0.15, 0.2) is 58.3 Å². The van der Waals surface area contributed by atoms with Crippen molar-refractivity contribution in [2.75, 3.05) is 27.2 Å². The van der Waals surface area contributed by atoms with Gasteiger partial charge < -0.3 is 15.4 Å². The van der Waals surface area contributed by atoms with Gasteiger partial charge in [-0.05, 0) is 45.2 Å². The molecule has 0 aliphatic carbocycles. The molecule has 2 aromatic rings. The van der Waals surface area contributed by atoms with Gasteiger partial charge in [0.25, 0.3) is 20.2 Å². The van der Waals surface area contributed by atoms with Crippen molar-refractivity contribution in [3.63, 3.8) is 0 Å². The fourth-order valence-corrected chi connectivity index (χ4v) is 3.57. The van der Waals surface area contributed by atoms with Crippen LogP contribution in [0, 0.1) is 13.8 Å². The molecule has 0 spiro atoms. The lowest BCUT2D eigenvalue weighted by atomic mass is 10.2. The maximum Gasteiger partial charge on any atom is 0.294 e. The first-order valence-electron chi connectivity index (χ1n) is 9.37. The van der Waals surface area contributed by atoms with Crippen LogP contribution >= 0.6 is 0 Å². The zero-order valence-electron chi connectivity index (χ0n) is 17.9. The van der Waals surface area contributed by atoms with Crippen LogP contribution in [0.25, 0.3) is 0 Å². The predicted molar refractivity (Wildman–Crippen MR) is 119 cm³/mol. The number of aryl methyl sites for hydroxylation is 2. The Labute approximate surface area is 184 Å². The highest BCUT2D eigenvalue weighted by atomic mass is 32.2. The molecule has 0 bridgehead atoms. The molecule has 0 aromatic heterocycles. The number of hydrogen-bond donors (Lipinski definition) is 4. The van der Waals surface area contributed by atoms with Gasteiger partial charge in [-0.1, -0.05) is 35.4 Å². The van der Waals surface area contributed by atoms with Crippen LogP contribution in [-0.4, -0.2) is 65.3 Å². The summed E-state index contributed by atoms with van der Waals surface area (Å²) in [5, 5.41) is 6.41. The van der Waals surface area contributed by atoms with Crippen LogP contribution < -0.4 is 10.6 Å². The van der Waals surface area contributed by atoms with Crippen molar-refractivity contribution in [3.05, 3.63) is 59.7 Å². The van der Waals surface area contributed by atoms with Crippen molar-refractivity contribution in [3.8, 4) is 0 Å². The summed E-state index contributed by atoms with van der Waals surface area (Å²) < 4.78 is 64.3. The Morgan fingerprint density at radius 2 is 1.23 bits per heavy atom. The van der Waals surface area contributed by atoms with E-state index in [1.54, 1.807) is 31.4 Å². The highest BCUT2D eigenvalue weighted by Gasteiger charge is 2.24. The molecule has 9 nitrogen and oxygen atoms in total. The lowest BCUT2D eigenvalue weighted by Gasteiger charge is -2.14. The minimum atomic E-state index is -4.02. The van der Waals surface area contributed by atoms with Crippen LogP contribution in [0.3, 0.4) is 0 Å². The number of likely N-dealkylation sites (N-methyl/N-ethyl adjacent to an activating group) is 1. The van der Waals surface area contributed by atoms with Crippen molar-refractivity contribution in [1.29, 1.82) is 0 Å². The molecule has 1 aliphatic heterocycles. The van der Waals surface area contributed by atoms with Gasteiger partial charge in [0.05, 0.1) is 15.9 Å². The van der Waals surface area contributed by atoms with Crippen LogP contribution in [0.1, 0.15) is 11.1 Å². The molecule has 1 heterocycles. The summed E-state index contributed by atoms with van der Waals surface area (Å²) in [4.78, 5) is -0.133. The Morgan fingerprint density at radius 3 is 1.48 bits per heavy atom. The van der Waals surface area contributed by atoms with E-state index < -0.39 is 20.2 Å². The van der Waals surface area contributed by atoms with Crippen molar-refractivity contribution in [2.24, 2.45) is 0 Å². The predicted octanol–water partition coefficient (Wildman–Crippen LogP) is 1.68. The van der Waals surface area contributed by atoms with E-state index in [1.807, 2.05) is 20.9 Å². The van der Waals surface area contributed by atoms with E-state index in [1.165, 1.54) is 24.3 Å². The molecule has 4 N–H and O–H groups in total. The van der Waals surface area contributed by atoms with Crippen LogP contribution in [-0.2, 0) is 25.0 Å². The summed E-state index contributed by atoms with van der Waals surface area (Å²) in [6, 6.07) is 12.5. The summed E-state index contributed by atoms with van der Waals surface area (Å²) in [5.74, 6) is 0. The molecule has 0 saturated carbocycles. The molecule has 1 fully saturated rings. The van der Waals surface area contributed by atoms with Crippen molar-refractivity contribution >= 4 is 20.2 Å². The quantitative estimate of drug-likeness (QED) is 0.487. The third kappa shape index (κ3) is 9.87. The lowest BCUT2D eigenvalue weighted by molar-refractivity contribution is 0.0987. The van der Waals surface area contributed by atoms with Crippen LogP contribution in [0.5, 0.6) is 0 Å². The summed E-state index contributed by atoms with van der Waals surface area (Å²) in [6.45, 7) is 5.68. The second-order valence-corrected chi connectivity index (χ2v) is 9.75. The molecular formula is C20H30N2O7S2. The first-order valence-corrected chi connectivity index (χ1v) is 12.3. The summed E-state index contributed by atoms with van der Waals surface area (Å²) >= 11 is 0. The topological polar surface area (TPSA) is 142 Å². The molecule has 174 valence electrons. The van der Waals surface area contributed by atoms with Gasteiger partial charge in [-0.15, -0.1) is 0 Å². The molecule has 0 unspecified atom stereocenters. The first-order chi connectivity index (χ1) is 14.4. The SMILES string of the molecule is CN[C@H]1CNC[C@@H]1OC.Cc1ccc(S(=O)(=O)O)cc1.Cc1ccc(S(=O)(=O)O)cc1. The van der Waals surface area contributed by atoms with Crippen LogP contribution in [0.2, 0.25) is 0 Å². The van der Waals surface area contributed by atoms with Crippen LogP contribution in [0.4, 0.5) is 0 Å². The summed E-state index contributed by atoms with van der Waals surface area (Å²) in [7, 11) is -4.33. The van der Waals surface area contributed by atoms with Gasteiger partial charge >= 0.3 is 0 Å². The average Bonchev–Trinajstić information content (AvgIpc) is 3.16. The molecule has 2 atom stereocenters. The van der Waals surface area contributed by atoms with Gasteiger partial charge in [-0.2, -0.15) is 16.8 Å². The smallest absolute Gasteiger partial charge is 0.294 e. The Bertz CT molecular complexity index is 923. The number of ether oxygens (including phenoxy) is 1. The van der Waals surface area contributed by atoms with E-state index >= 15 is 0 Å². The van der Waals surface area contributed by atoms with Gasteiger partial charge in [0, 0.05) is 26.2 Å². The number of nitrogens with one attached hydrogen (secondary N) is 2. The van der Waals surface area contributed by atoms with E-state index in [4.69, 9.17) is 13.8 Å². The number of methoxy groups -OCH3 is 1. The van der Waals surface area contributed by atoms with Crippen molar-refractivity contribution in [1.82, 2.24) is 10.6 Å². The molecule has 11 heteroatoms. The Hall–Kier alpha value is -1.86. The normalized spacial score (nSPS) is 18.4. The molecule has 2 aromatic carbocycles. The zero-order chi connectivity index (χ0) is 23.7. The summed E-state index contributed by atoms with van der Waals surface area (Å²) in [5.41, 5.74) is 1.91. The Balaban J connectivity index is 0.000000234. The first kappa shape index (κ1) is 27.2. The van der Waals surface area contributed by atoms with Gasteiger partial charge in [-0.3, -0.25) is 9.11 Å². The standard InChI is InChI=1S/2C7H8O3S.C6H14N2O/c2*1-6-2-4-7(5-3-6)11(8,9)10;1-7-5-3-8-4-6(5)9-2/h2*2-5H,1H3,(H,8,9,10);5-8H,3-4H2,1-2H3/t;;5-,6-/m..0/s1. The van der Waals surface area contributed by atoms with Crippen molar-refractivity contribution in [2.45, 2.75) is 35.8 Å². The average molecular weight is 475 g/mol. The number of benzene rings is 2. The highest BCUT2D eigenvalue weighted by molar-refractivity contribution is 7.86. The zero-order valence-corrected chi connectivity index (χ0v) is 19.6. The van der Waals surface area contributed by atoms with E-state index in [2.05, 4.69) is 10.6 Å². The summed E-state index contributed by atoms with van der Waals surface area (Å²) in [6.07, 6.45) is 0.356. The number of hydrogen-bond acceptors (Lipinski definition) is 7. The minimum absolute atomic E-state index is 0.0666. The maximum absolute atomic E-state index is 10.5.